The zero-order valence-corrected chi connectivity index (χ0v) is 11.2. The van der Waals surface area contributed by atoms with Crippen LogP contribution in [0.4, 0.5) is 0 Å². The first-order valence-corrected chi connectivity index (χ1v) is 6.44. The maximum absolute atomic E-state index is 5.85. The van der Waals surface area contributed by atoms with Crippen LogP contribution in [-0.4, -0.2) is 31.6 Å². The molecule has 0 radical (unpaired) electrons. The van der Waals surface area contributed by atoms with Crippen LogP contribution in [0.2, 0.25) is 5.02 Å². The van der Waals surface area contributed by atoms with E-state index in [4.69, 9.17) is 11.6 Å². The van der Waals surface area contributed by atoms with E-state index in [-0.39, 0.29) is 0 Å². The van der Waals surface area contributed by atoms with Crippen molar-refractivity contribution in [3.05, 3.63) is 21.3 Å². The molecule has 0 saturated carbocycles. The molecule has 0 spiro atoms. The fourth-order valence-corrected chi connectivity index (χ4v) is 2.30. The lowest BCUT2D eigenvalue weighted by Crippen LogP contribution is -2.29. The summed E-state index contributed by atoms with van der Waals surface area (Å²) in [6.45, 7) is 4.27. The Labute approximate surface area is 101 Å². The van der Waals surface area contributed by atoms with E-state index in [1.165, 1.54) is 11.3 Å². The Kier molecular flexibility index (Phi) is 5.61. The largest absolute Gasteiger partial charge is 0.309 e. The van der Waals surface area contributed by atoms with E-state index in [1.54, 1.807) is 11.3 Å². The third kappa shape index (κ3) is 5.52. The van der Waals surface area contributed by atoms with Crippen LogP contribution in [0, 0.1) is 0 Å². The monoisotopic (exact) mass is 246 g/mol. The second kappa shape index (κ2) is 6.48. The SMILES string of the molecule is CC(CCN(C)C)NCc1cc(Cl)cs1. The third-order valence-electron chi connectivity index (χ3n) is 2.26. The minimum atomic E-state index is 0.549. The van der Waals surface area contributed by atoms with Crippen LogP contribution in [-0.2, 0) is 6.54 Å². The van der Waals surface area contributed by atoms with Gasteiger partial charge in [0.1, 0.15) is 0 Å². The maximum Gasteiger partial charge on any atom is 0.0516 e. The number of rotatable bonds is 6. The first-order chi connectivity index (χ1) is 7.08. The summed E-state index contributed by atoms with van der Waals surface area (Å²) in [4.78, 5) is 3.51. The Morgan fingerprint density at radius 2 is 2.27 bits per heavy atom. The smallest absolute Gasteiger partial charge is 0.0516 e. The van der Waals surface area contributed by atoms with Crippen molar-refractivity contribution in [1.29, 1.82) is 0 Å². The topological polar surface area (TPSA) is 15.3 Å². The van der Waals surface area contributed by atoms with Crippen molar-refractivity contribution in [3.8, 4) is 0 Å². The fourth-order valence-electron chi connectivity index (χ4n) is 1.28. The number of hydrogen-bond acceptors (Lipinski definition) is 3. The molecule has 1 aromatic rings. The zero-order valence-electron chi connectivity index (χ0n) is 9.59. The first kappa shape index (κ1) is 13.0. The van der Waals surface area contributed by atoms with Gasteiger partial charge in [-0.25, -0.2) is 0 Å². The van der Waals surface area contributed by atoms with E-state index in [0.717, 1.165) is 18.1 Å². The van der Waals surface area contributed by atoms with Crippen LogP contribution < -0.4 is 5.32 Å². The Hall–Kier alpha value is -0.0900. The van der Waals surface area contributed by atoms with Gasteiger partial charge >= 0.3 is 0 Å². The number of nitrogens with zero attached hydrogens (tertiary/aromatic N) is 1. The standard InChI is InChI=1S/C11H19ClN2S/c1-9(4-5-14(2)3)13-7-11-6-10(12)8-15-11/h6,8-9,13H,4-5,7H2,1-3H3. The van der Waals surface area contributed by atoms with Crippen LogP contribution in [0.25, 0.3) is 0 Å². The quantitative estimate of drug-likeness (QED) is 0.831. The Morgan fingerprint density at radius 1 is 1.53 bits per heavy atom. The van der Waals surface area contributed by atoms with Gasteiger partial charge in [-0.1, -0.05) is 11.6 Å². The average Bonchev–Trinajstić information content (AvgIpc) is 2.58. The van der Waals surface area contributed by atoms with Crippen molar-refractivity contribution in [2.24, 2.45) is 0 Å². The maximum atomic E-state index is 5.85. The van der Waals surface area contributed by atoms with Crippen LogP contribution >= 0.6 is 22.9 Å². The first-order valence-electron chi connectivity index (χ1n) is 5.19. The molecule has 86 valence electrons. The molecule has 0 aliphatic rings. The summed E-state index contributed by atoms with van der Waals surface area (Å²) in [6.07, 6.45) is 1.17. The predicted octanol–water partition coefficient (Wildman–Crippen LogP) is 2.83. The van der Waals surface area contributed by atoms with Gasteiger partial charge in [-0.15, -0.1) is 11.3 Å². The van der Waals surface area contributed by atoms with Gasteiger partial charge in [0.2, 0.25) is 0 Å². The molecule has 1 rings (SSSR count). The summed E-state index contributed by atoms with van der Waals surface area (Å²) in [6, 6.07) is 2.58. The molecule has 0 aliphatic carbocycles. The van der Waals surface area contributed by atoms with Crippen LogP contribution in [0.3, 0.4) is 0 Å². The average molecular weight is 247 g/mol. The van der Waals surface area contributed by atoms with Gasteiger partial charge in [0, 0.05) is 22.8 Å². The highest BCUT2D eigenvalue weighted by Crippen LogP contribution is 2.18. The highest BCUT2D eigenvalue weighted by molar-refractivity contribution is 7.10. The summed E-state index contributed by atoms with van der Waals surface area (Å²) in [7, 11) is 4.21. The van der Waals surface area contributed by atoms with Gasteiger partial charge in [-0.2, -0.15) is 0 Å². The van der Waals surface area contributed by atoms with Crippen LogP contribution in [0.15, 0.2) is 11.4 Å². The van der Waals surface area contributed by atoms with Gasteiger partial charge in [-0.05, 0) is 40.1 Å². The molecule has 0 aromatic carbocycles. The highest BCUT2D eigenvalue weighted by atomic mass is 35.5. The summed E-state index contributed by atoms with van der Waals surface area (Å²) < 4.78 is 0. The van der Waals surface area contributed by atoms with Crippen molar-refractivity contribution in [1.82, 2.24) is 10.2 Å². The van der Waals surface area contributed by atoms with E-state index in [0.29, 0.717) is 6.04 Å². The molecule has 4 heteroatoms. The molecule has 0 fully saturated rings. The number of thiophene rings is 1. The van der Waals surface area contributed by atoms with Crippen LogP contribution in [0.5, 0.6) is 0 Å². The van der Waals surface area contributed by atoms with Crippen molar-refractivity contribution < 1.29 is 0 Å². The molecule has 1 unspecified atom stereocenters. The second-order valence-corrected chi connectivity index (χ2v) is 5.54. The van der Waals surface area contributed by atoms with Crippen molar-refractivity contribution >= 4 is 22.9 Å². The van der Waals surface area contributed by atoms with Crippen molar-refractivity contribution in [2.45, 2.75) is 25.9 Å². The molecule has 1 heterocycles. The minimum absolute atomic E-state index is 0.549. The fraction of sp³-hybridized carbons (Fsp3) is 0.636. The molecular formula is C11H19ClN2S. The van der Waals surface area contributed by atoms with E-state index >= 15 is 0 Å². The molecule has 0 bridgehead atoms. The molecule has 2 nitrogen and oxygen atoms in total. The molecule has 0 aliphatic heterocycles. The van der Waals surface area contributed by atoms with Crippen molar-refractivity contribution in [3.63, 3.8) is 0 Å². The normalized spacial score (nSPS) is 13.4. The zero-order chi connectivity index (χ0) is 11.3. The summed E-state index contributed by atoms with van der Waals surface area (Å²) in [5.74, 6) is 0. The lowest BCUT2D eigenvalue weighted by Gasteiger charge is -2.16. The predicted molar refractivity (Wildman–Crippen MR) is 68.8 cm³/mol. The molecule has 1 atom stereocenters. The Bertz CT molecular complexity index is 286. The van der Waals surface area contributed by atoms with E-state index in [9.17, 15) is 0 Å². The molecule has 15 heavy (non-hydrogen) atoms. The third-order valence-corrected chi connectivity index (χ3v) is 3.54. The molecule has 1 N–H and O–H groups in total. The Morgan fingerprint density at radius 3 is 2.80 bits per heavy atom. The number of halogens is 1. The molecule has 1 aromatic heterocycles. The lowest BCUT2D eigenvalue weighted by atomic mass is 10.2. The highest BCUT2D eigenvalue weighted by Gasteiger charge is 2.03. The number of nitrogens with one attached hydrogen (secondary N) is 1. The lowest BCUT2D eigenvalue weighted by molar-refractivity contribution is 0.366. The summed E-state index contributed by atoms with van der Waals surface area (Å²) >= 11 is 7.57. The van der Waals surface area contributed by atoms with Crippen LogP contribution in [0.1, 0.15) is 18.2 Å². The molecule has 0 amide bonds. The van der Waals surface area contributed by atoms with E-state index < -0.39 is 0 Å². The Balaban J connectivity index is 2.19. The molecular weight excluding hydrogens is 228 g/mol. The van der Waals surface area contributed by atoms with Gasteiger partial charge in [0.15, 0.2) is 0 Å². The summed E-state index contributed by atoms with van der Waals surface area (Å²) in [5.41, 5.74) is 0. The number of hydrogen-bond donors (Lipinski definition) is 1. The van der Waals surface area contributed by atoms with Crippen molar-refractivity contribution in [2.75, 3.05) is 20.6 Å². The van der Waals surface area contributed by atoms with E-state index in [1.807, 2.05) is 11.4 Å². The van der Waals surface area contributed by atoms with Gasteiger partial charge in [0.25, 0.3) is 0 Å². The summed E-state index contributed by atoms with van der Waals surface area (Å²) in [5, 5.41) is 6.31. The van der Waals surface area contributed by atoms with Gasteiger partial charge < -0.3 is 10.2 Å². The van der Waals surface area contributed by atoms with E-state index in [2.05, 4.69) is 31.2 Å². The van der Waals surface area contributed by atoms with Gasteiger partial charge in [-0.3, -0.25) is 0 Å². The molecule has 0 saturated heterocycles. The minimum Gasteiger partial charge on any atom is -0.309 e. The van der Waals surface area contributed by atoms with Gasteiger partial charge in [0.05, 0.1) is 5.02 Å². The second-order valence-electron chi connectivity index (χ2n) is 4.11.